The molecule has 2 amide bonds. The molecule has 16 heavy (non-hydrogen) atoms. The molecule has 4 nitrogen and oxygen atoms in total. The molecule has 0 aliphatic carbocycles. The predicted octanol–water partition coefficient (Wildman–Crippen LogP) is 1.10. The molecule has 0 aromatic heterocycles. The molecular weight excluding hydrogens is 204 g/mol. The molecule has 0 atom stereocenters. The maximum absolute atomic E-state index is 11.7. The van der Waals surface area contributed by atoms with Gasteiger partial charge < -0.3 is 10.2 Å². The molecule has 0 unspecified atom stereocenters. The van der Waals surface area contributed by atoms with Crippen molar-refractivity contribution < 1.29 is 9.59 Å². The molecule has 84 valence electrons. The van der Waals surface area contributed by atoms with E-state index in [0.717, 1.165) is 5.69 Å². The smallest absolute Gasteiger partial charge is 0.231 e. The second-order valence-corrected chi connectivity index (χ2v) is 3.98. The number of nitrogens with zero attached hydrogens (tertiary/aromatic N) is 1. The lowest BCUT2D eigenvalue weighted by molar-refractivity contribution is -0.139. The van der Waals surface area contributed by atoms with E-state index in [9.17, 15) is 9.59 Å². The topological polar surface area (TPSA) is 49.4 Å². The van der Waals surface area contributed by atoms with Crippen LogP contribution in [-0.2, 0) is 9.59 Å². The molecule has 1 heterocycles. The van der Waals surface area contributed by atoms with Crippen LogP contribution >= 0.6 is 0 Å². The van der Waals surface area contributed by atoms with Crippen molar-refractivity contribution in [3.8, 4) is 0 Å². The summed E-state index contributed by atoms with van der Waals surface area (Å²) < 4.78 is 0. The number of nitrogens with one attached hydrogen (secondary N) is 1. The van der Waals surface area contributed by atoms with Gasteiger partial charge in [0.15, 0.2) is 0 Å². The minimum Gasteiger partial charge on any atom is -0.341 e. The standard InChI is InChI=1S/C12H14N2O2/c1-9(15)14-7-10(8-14)12(16)13-11-5-3-2-4-6-11/h2-6,10H,7-8H2,1H3,(H,13,16). The number of benzene rings is 1. The number of anilines is 1. The van der Waals surface area contributed by atoms with Crippen LogP contribution in [0.1, 0.15) is 6.92 Å². The number of para-hydroxylation sites is 1. The Hall–Kier alpha value is -1.84. The summed E-state index contributed by atoms with van der Waals surface area (Å²) in [4.78, 5) is 24.3. The van der Waals surface area contributed by atoms with Gasteiger partial charge in [0.05, 0.1) is 5.92 Å². The largest absolute Gasteiger partial charge is 0.341 e. The van der Waals surface area contributed by atoms with Crippen LogP contribution in [-0.4, -0.2) is 29.8 Å². The highest BCUT2D eigenvalue weighted by Crippen LogP contribution is 2.17. The Morgan fingerprint density at radius 1 is 1.25 bits per heavy atom. The van der Waals surface area contributed by atoms with Gasteiger partial charge >= 0.3 is 0 Å². The van der Waals surface area contributed by atoms with Crippen LogP contribution in [0.3, 0.4) is 0 Å². The zero-order valence-electron chi connectivity index (χ0n) is 9.14. The van der Waals surface area contributed by atoms with E-state index in [1.165, 1.54) is 6.92 Å². The summed E-state index contributed by atoms with van der Waals surface area (Å²) in [5.41, 5.74) is 0.800. The van der Waals surface area contributed by atoms with Crippen molar-refractivity contribution in [2.45, 2.75) is 6.92 Å². The number of carbonyl (C=O) groups excluding carboxylic acids is 2. The summed E-state index contributed by atoms with van der Waals surface area (Å²) in [6.45, 7) is 2.59. The maximum atomic E-state index is 11.7. The summed E-state index contributed by atoms with van der Waals surface area (Å²) >= 11 is 0. The van der Waals surface area contributed by atoms with E-state index >= 15 is 0 Å². The van der Waals surface area contributed by atoms with E-state index in [0.29, 0.717) is 13.1 Å². The van der Waals surface area contributed by atoms with Crippen molar-refractivity contribution in [3.05, 3.63) is 30.3 Å². The average molecular weight is 218 g/mol. The SMILES string of the molecule is CC(=O)N1CC(C(=O)Nc2ccccc2)C1. The van der Waals surface area contributed by atoms with E-state index in [4.69, 9.17) is 0 Å². The Morgan fingerprint density at radius 2 is 1.88 bits per heavy atom. The van der Waals surface area contributed by atoms with Crippen LogP contribution in [0, 0.1) is 5.92 Å². The van der Waals surface area contributed by atoms with Crippen LogP contribution in [0.25, 0.3) is 0 Å². The predicted molar refractivity (Wildman–Crippen MR) is 60.8 cm³/mol. The minimum atomic E-state index is -0.0656. The Kier molecular flexibility index (Phi) is 2.90. The van der Waals surface area contributed by atoms with E-state index in [1.54, 1.807) is 4.90 Å². The van der Waals surface area contributed by atoms with E-state index in [1.807, 2.05) is 30.3 Å². The molecule has 1 aromatic carbocycles. The van der Waals surface area contributed by atoms with E-state index < -0.39 is 0 Å². The van der Waals surface area contributed by atoms with Crippen molar-refractivity contribution >= 4 is 17.5 Å². The van der Waals surface area contributed by atoms with Crippen molar-refractivity contribution in [2.24, 2.45) is 5.92 Å². The lowest BCUT2D eigenvalue weighted by atomic mass is 9.99. The number of carbonyl (C=O) groups is 2. The number of rotatable bonds is 2. The lowest BCUT2D eigenvalue weighted by Gasteiger charge is -2.37. The highest BCUT2D eigenvalue weighted by atomic mass is 16.2. The second kappa shape index (κ2) is 4.35. The van der Waals surface area contributed by atoms with Crippen LogP contribution in [0.5, 0.6) is 0 Å². The van der Waals surface area contributed by atoms with Crippen LogP contribution < -0.4 is 5.32 Å². The molecule has 4 heteroatoms. The molecule has 0 spiro atoms. The molecule has 0 bridgehead atoms. The summed E-state index contributed by atoms with van der Waals surface area (Å²) in [6.07, 6.45) is 0. The molecule has 1 N–H and O–H groups in total. The van der Waals surface area contributed by atoms with Gasteiger partial charge in [-0.3, -0.25) is 9.59 Å². The monoisotopic (exact) mass is 218 g/mol. The maximum Gasteiger partial charge on any atom is 0.231 e. The Balaban J connectivity index is 1.85. The first-order valence-electron chi connectivity index (χ1n) is 5.28. The fraction of sp³-hybridized carbons (Fsp3) is 0.333. The minimum absolute atomic E-state index is 0.0105. The molecule has 1 aliphatic rings. The van der Waals surface area contributed by atoms with Crippen LogP contribution in [0.4, 0.5) is 5.69 Å². The first kappa shape index (κ1) is 10.7. The number of likely N-dealkylation sites (tertiary alicyclic amines) is 1. The third kappa shape index (κ3) is 2.21. The van der Waals surface area contributed by atoms with Gasteiger partial charge in [-0.25, -0.2) is 0 Å². The Bertz CT molecular complexity index is 397. The Morgan fingerprint density at radius 3 is 2.44 bits per heavy atom. The van der Waals surface area contributed by atoms with E-state index in [-0.39, 0.29) is 17.7 Å². The first-order valence-corrected chi connectivity index (χ1v) is 5.28. The summed E-state index contributed by atoms with van der Waals surface area (Å²) in [6, 6.07) is 9.34. The summed E-state index contributed by atoms with van der Waals surface area (Å²) in [5, 5.41) is 2.83. The number of amides is 2. The van der Waals surface area contributed by atoms with E-state index in [2.05, 4.69) is 5.32 Å². The number of hydrogen-bond acceptors (Lipinski definition) is 2. The average Bonchev–Trinajstić information content (AvgIpc) is 2.15. The zero-order valence-corrected chi connectivity index (χ0v) is 9.14. The van der Waals surface area contributed by atoms with Gasteiger partial charge in [0.1, 0.15) is 0 Å². The zero-order chi connectivity index (χ0) is 11.5. The first-order chi connectivity index (χ1) is 7.66. The third-order valence-electron chi connectivity index (χ3n) is 2.74. The van der Waals surface area contributed by atoms with Gasteiger partial charge in [-0.05, 0) is 12.1 Å². The molecule has 1 fully saturated rings. The Labute approximate surface area is 94.2 Å². The van der Waals surface area contributed by atoms with Gasteiger partial charge in [0, 0.05) is 25.7 Å². The molecule has 1 saturated heterocycles. The van der Waals surface area contributed by atoms with Crippen molar-refractivity contribution in [3.63, 3.8) is 0 Å². The van der Waals surface area contributed by atoms with Gasteiger partial charge in [0.25, 0.3) is 0 Å². The normalized spacial score (nSPS) is 15.4. The number of hydrogen-bond donors (Lipinski definition) is 1. The van der Waals surface area contributed by atoms with Crippen molar-refractivity contribution in [1.82, 2.24) is 4.90 Å². The fourth-order valence-corrected chi connectivity index (χ4v) is 1.67. The highest BCUT2D eigenvalue weighted by Gasteiger charge is 2.33. The van der Waals surface area contributed by atoms with Gasteiger partial charge in [-0.15, -0.1) is 0 Å². The van der Waals surface area contributed by atoms with Crippen molar-refractivity contribution in [2.75, 3.05) is 18.4 Å². The quantitative estimate of drug-likeness (QED) is 0.808. The summed E-state index contributed by atoms with van der Waals surface area (Å²) in [5.74, 6) is -0.0448. The molecule has 2 rings (SSSR count). The van der Waals surface area contributed by atoms with Crippen molar-refractivity contribution in [1.29, 1.82) is 0 Å². The third-order valence-corrected chi connectivity index (χ3v) is 2.74. The second-order valence-electron chi connectivity index (χ2n) is 3.98. The van der Waals surface area contributed by atoms with Gasteiger partial charge in [0.2, 0.25) is 11.8 Å². The molecular formula is C12H14N2O2. The van der Waals surface area contributed by atoms with Crippen LogP contribution in [0.2, 0.25) is 0 Å². The van der Waals surface area contributed by atoms with Gasteiger partial charge in [-0.2, -0.15) is 0 Å². The summed E-state index contributed by atoms with van der Waals surface area (Å²) in [7, 11) is 0. The molecule has 1 aliphatic heterocycles. The fourth-order valence-electron chi connectivity index (χ4n) is 1.67. The molecule has 0 saturated carbocycles. The lowest BCUT2D eigenvalue weighted by Crippen LogP contribution is -2.53. The molecule has 1 aromatic rings. The molecule has 0 radical (unpaired) electrons. The van der Waals surface area contributed by atoms with Gasteiger partial charge in [-0.1, -0.05) is 18.2 Å². The highest BCUT2D eigenvalue weighted by molar-refractivity contribution is 5.94. The van der Waals surface area contributed by atoms with Crippen LogP contribution in [0.15, 0.2) is 30.3 Å².